The van der Waals surface area contributed by atoms with E-state index in [1.807, 2.05) is 13.0 Å². The predicted octanol–water partition coefficient (Wildman–Crippen LogP) is 2.60. The number of hydrogen-bond donors (Lipinski definition) is 0. The zero-order valence-electron chi connectivity index (χ0n) is 9.47. The minimum Gasteiger partial charge on any atom is -0.475 e. The van der Waals surface area contributed by atoms with Crippen LogP contribution in [-0.4, -0.2) is 14.5 Å². The summed E-state index contributed by atoms with van der Waals surface area (Å²) < 4.78 is 27.6. The maximum Gasteiger partial charge on any atom is 0.261 e. The fourth-order valence-corrected chi connectivity index (χ4v) is 2.10. The van der Waals surface area contributed by atoms with Crippen LogP contribution >= 0.6 is 10.7 Å². The summed E-state index contributed by atoms with van der Waals surface area (Å²) in [5.41, 5.74) is 0.625. The molecule has 0 saturated carbocycles. The number of ether oxygens (including phenoxy) is 1. The van der Waals surface area contributed by atoms with Gasteiger partial charge in [0.05, 0.1) is 4.90 Å². The molecule has 1 rings (SSSR count). The third-order valence-corrected chi connectivity index (χ3v) is 3.56. The van der Waals surface area contributed by atoms with Crippen LogP contribution in [0.25, 0.3) is 0 Å². The minimum atomic E-state index is -3.73. The lowest BCUT2D eigenvalue weighted by Gasteiger charge is -2.12. The molecule has 17 heavy (non-hydrogen) atoms. The average molecular weight is 274 g/mol. The molecule has 0 radical (unpaired) electrons. The summed E-state index contributed by atoms with van der Waals surface area (Å²) >= 11 is 0. The first kappa shape index (κ1) is 13.8. The van der Waals surface area contributed by atoms with Crippen molar-refractivity contribution in [3.63, 3.8) is 0 Å². The van der Waals surface area contributed by atoms with Crippen molar-refractivity contribution in [1.82, 2.24) is 0 Å². The third-order valence-electron chi connectivity index (χ3n) is 2.21. The summed E-state index contributed by atoms with van der Waals surface area (Å²) in [5.74, 6) is 0.488. The van der Waals surface area contributed by atoms with Crippen LogP contribution in [0.2, 0.25) is 0 Å². The van der Waals surface area contributed by atoms with Crippen molar-refractivity contribution in [2.75, 3.05) is 0 Å². The van der Waals surface area contributed by atoms with Gasteiger partial charge in [-0.05, 0) is 37.1 Å². The topological polar surface area (TPSA) is 67.2 Å². The molecule has 0 N–H and O–H groups in total. The third kappa shape index (κ3) is 3.62. The van der Waals surface area contributed by atoms with E-state index in [1.54, 1.807) is 6.92 Å². The van der Waals surface area contributed by atoms with Crippen molar-refractivity contribution < 1.29 is 13.2 Å². The molecule has 0 bridgehead atoms. The number of halogens is 1. The molecule has 0 saturated heterocycles. The molecule has 1 atom stereocenters. The van der Waals surface area contributed by atoms with Crippen molar-refractivity contribution in [2.45, 2.75) is 31.3 Å². The number of nitriles is 1. The van der Waals surface area contributed by atoms with E-state index in [9.17, 15) is 8.42 Å². The highest BCUT2D eigenvalue weighted by Crippen LogP contribution is 2.24. The van der Waals surface area contributed by atoms with E-state index in [0.29, 0.717) is 17.7 Å². The standard InChI is InChI=1S/C11H12ClNO3S/c1-3-9(7-13)16-11-5-4-10(6-8(11)2)17(12,14)15/h4-6,9H,3H2,1-2H3. The molecule has 0 spiro atoms. The first-order valence-corrected chi connectivity index (χ1v) is 7.31. The van der Waals surface area contributed by atoms with Crippen LogP contribution < -0.4 is 4.74 Å². The lowest BCUT2D eigenvalue weighted by molar-refractivity contribution is 0.250. The maximum absolute atomic E-state index is 11.1. The molecule has 92 valence electrons. The zero-order valence-corrected chi connectivity index (χ0v) is 11.0. The number of nitrogens with zero attached hydrogens (tertiary/aromatic N) is 1. The first-order valence-electron chi connectivity index (χ1n) is 5.00. The van der Waals surface area contributed by atoms with E-state index in [1.165, 1.54) is 18.2 Å². The van der Waals surface area contributed by atoms with Crippen LogP contribution in [0.1, 0.15) is 18.9 Å². The Balaban J connectivity index is 3.03. The Bertz CT molecular complexity index is 548. The van der Waals surface area contributed by atoms with Gasteiger partial charge in [0.25, 0.3) is 9.05 Å². The molecule has 0 amide bonds. The van der Waals surface area contributed by atoms with Crippen LogP contribution in [0.3, 0.4) is 0 Å². The van der Waals surface area contributed by atoms with Crippen molar-refractivity contribution in [2.24, 2.45) is 0 Å². The molecule has 0 heterocycles. The lowest BCUT2D eigenvalue weighted by atomic mass is 10.2. The summed E-state index contributed by atoms with van der Waals surface area (Å²) in [7, 11) is 1.49. The van der Waals surface area contributed by atoms with Gasteiger partial charge in [-0.1, -0.05) is 6.92 Å². The van der Waals surface area contributed by atoms with Gasteiger partial charge in [-0.3, -0.25) is 0 Å². The van der Waals surface area contributed by atoms with E-state index in [-0.39, 0.29) is 4.90 Å². The Morgan fingerprint density at radius 2 is 2.18 bits per heavy atom. The van der Waals surface area contributed by atoms with Crippen LogP contribution in [0.4, 0.5) is 0 Å². The molecule has 0 aliphatic carbocycles. The highest BCUT2D eigenvalue weighted by Gasteiger charge is 2.13. The molecule has 4 nitrogen and oxygen atoms in total. The number of hydrogen-bond acceptors (Lipinski definition) is 4. The summed E-state index contributed by atoms with van der Waals surface area (Å²) in [5, 5.41) is 8.77. The van der Waals surface area contributed by atoms with Gasteiger partial charge in [0.15, 0.2) is 6.10 Å². The van der Waals surface area contributed by atoms with Gasteiger partial charge in [0.2, 0.25) is 0 Å². The van der Waals surface area contributed by atoms with Gasteiger partial charge >= 0.3 is 0 Å². The fourth-order valence-electron chi connectivity index (χ4n) is 1.26. The van der Waals surface area contributed by atoms with Crippen LogP contribution in [0.5, 0.6) is 5.75 Å². The SMILES string of the molecule is CCC(C#N)Oc1ccc(S(=O)(=O)Cl)cc1C. The molecule has 1 unspecified atom stereocenters. The van der Waals surface area contributed by atoms with Gasteiger partial charge in [0, 0.05) is 10.7 Å². The van der Waals surface area contributed by atoms with E-state index >= 15 is 0 Å². The summed E-state index contributed by atoms with van der Waals surface area (Å²) in [6, 6.07) is 6.28. The van der Waals surface area contributed by atoms with E-state index in [4.69, 9.17) is 20.7 Å². The Hall–Kier alpha value is -1.25. The summed E-state index contributed by atoms with van der Waals surface area (Å²) in [6.45, 7) is 3.53. The minimum absolute atomic E-state index is 0.0222. The van der Waals surface area contributed by atoms with Crippen LogP contribution in [0, 0.1) is 18.3 Å². The predicted molar refractivity (Wildman–Crippen MR) is 64.5 cm³/mol. The quantitative estimate of drug-likeness (QED) is 0.791. The Morgan fingerprint density at radius 1 is 1.53 bits per heavy atom. The van der Waals surface area contributed by atoms with Crippen molar-refractivity contribution in [3.8, 4) is 11.8 Å². The van der Waals surface area contributed by atoms with Gasteiger partial charge in [-0.2, -0.15) is 5.26 Å². The van der Waals surface area contributed by atoms with E-state index in [0.717, 1.165) is 0 Å². The second-order valence-corrected chi connectivity index (χ2v) is 6.07. The molecule has 6 heteroatoms. The van der Waals surface area contributed by atoms with Crippen LogP contribution in [-0.2, 0) is 9.05 Å². The molecule has 1 aromatic carbocycles. The molecular formula is C11H12ClNO3S. The molecule has 0 aliphatic heterocycles. The summed E-state index contributed by atoms with van der Waals surface area (Å²) in [4.78, 5) is 0.0222. The molecular weight excluding hydrogens is 262 g/mol. The second kappa shape index (κ2) is 5.39. The Kier molecular flexibility index (Phi) is 4.38. The smallest absolute Gasteiger partial charge is 0.261 e. The first-order chi connectivity index (χ1) is 7.88. The molecule has 0 aliphatic rings. The number of benzene rings is 1. The largest absolute Gasteiger partial charge is 0.475 e. The fraction of sp³-hybridized carbons (Fsp3) is 0.364. The monoisotopic (exact) mass is 273 g/mol. The van der Waals surface area contributed by atoms with Crippen molar-refractivity contribution in [3.05, 3.63) is 23.8 Å². The van der Waals surface area contributed by atoms with E-state index < -0.39 is 15.2 Å². The van der Waals surface area contributed by atoms with Crippen molar-refractivity contribution >= 4 is 19.7 Å². The lowest BCUT2D eigenvalue weighted by Crippen LogP contribution is -2.13. The van der Waals surface area contributed by atoms with Gasteiger partial charge < -0.3 is 4.74 Å². The molecule has 1 aromatic rings. The zero-order chi connectivity index (χ0) is 13.1. The summed E-state index contributed by atoms with van der Waals surface area (Å²) in [6.07, 6.45) is 0.0260. The number of aryl methyl sites for hydroxylation is 1. The average Bonchev–Trinajstić information content (AvgIpc) is 2.26. The second-order valence-electron chi connectivity index (χ2n) is 3.51. The van der Waals surface area contributed by atoms with Gasteiger partial charge in [0.1, 0.15) is 11.8 Å². The molecule has 0 aromatic heterocycles. The van der Waals surface area contributed by atoms with Crippen molar-refractivity contribution in [1.29, 1.82) is 5.26 Å². The van der Waals surface area contributed by atoms with E-state index in [2.05, 4.69) is 0 Å². The number of rotatable bonds is 4. The van der Waals surface area contributed by atoms with Gasteiger partial charge in [-0.25, -0.2) is 8.42 Å². The molecule has 0 fully saturated rings. The van der Waals surface area contributed by atoms with Gasteiger partial charge in [-0.15, -0.1) is 0 Å². The normalized spacial score (nSPS) is 12.8. The highest BCUT2D eigenvalue weighted by molar-refractivity contribution is 8.13. The Morgan fingerprint density at radius 3 is 2.59 bits per heavy atom. The Labute approximate surface area is 105 Å². The highest BCUT2D eigenvalue weighted by atomic mass is 35.7. The maximum atomic E-state index is 11.1. The van der Waals surface area contributed by atoms with Crippen LogP contribution in [0.15, 0.2) is 23.1 Å².